The van der Waals surface area contributed by atoms with Gasteiger partial charge in [0.15, 0.2) is 11.5 Å². The molecule has 0 aliphatic carbocycles. The van der Waals surface area contributed by atoms with Gasteiger partial charge in [-0.3, -0.25) is 9.58 Å². The second kappa shape index (κ2) is 6.55. The number of morpholine rings is 1. The van der Waals surface area contributed by atoms with Crippen molar-refractivity contribution < 1.29 is 14.2 Å². The molecule has 0 unspecified atom stereocenters. The molecule has 0 N–H and O–H groups in total. The number of fused-ring (bicyclic) bond motifs is 1. The Morgan fingerprint density at radius 3 is 2.91 bits per heavy atom. The molecule has 7 nitrogen and oxygen atoms in total. The van der Waals surface area contributed by atoms with Crippen molar-refractivity contribution in [2.24, 2.45) is 0 Å². The van der Waals surface area contributed by atoms with E-state index < -0.39 is 0 Å². The number of hydrogen-bond acceptors (Lipinski definition) is 6. The number of benzene rings is 1. The zero-order valence-corrected chi connectivity index (χ0v) is 12.9. The fraction of sp³-hybridized carbons (Fsp3) is 0.500. The van der Waals surface area contributed by atoms with Crippen LogP contribution < -0.4 is 9.47 Å². The average Bonchev–Trinajstić information content (AvgIpc) is 3.08. The lowest BCUT2D eigenvalue weighted by Gasteiger charge is -2.33. The minimum absolute atomic E-state index is 0.141. The van der Waals surface area contributed by atoms with Crippen molar-refractivity contribution >= 4 is 0 Å². The van der Waals surface area contributed by atoms with Crippen LogP contribution in [0.2, 0.25) is 0 Å². The Morgan fingerprint density at radius 2 is 2.04 bits per heavy atom. The van der Waals surface area contributed by atoms with E-state index in [0.717, 1.165) is 44.3 Å². The maximum absolute atomic E-state index is 5.83. The Morgan fingerprint density at radius 1 is 1.13 bits per heavy atom. The van der Waals surface area contributed by atoms with E-state index >= 15 is 0 Å². The lowest BCUT2D eigenvalue weighted by atomic mass is 10.1. The molecular weight excluding hydrogens is 296 g/mol. The molecule has 2 aliphatic rings. The molecule has 122 valence electrons. The number of hydrogen-bond donors (Lipinski definition) is 0. The van der Waals surface area contributed by atoms with Gasteiger partial charge in [-0.1, -0.05) is 6.07 Å². The molecule has 1 aromatic carbocycles. The molecule has 2 aromatic rings. The minimum atomic E-state index is 0.141. The maximum Gasteiger partial charge on any atom is 0.161 e. The number of aromatic nitrogens is 3. The van der Waals surface area contributed by atoms with Crippen LogP contribution in [0.4, 0.5) is 0 Å². The first-order chi connectivity index (χ1) is 11.4. The topological polar surface area (TPSA) is 61.6 Å². The van der Waals surface area contributed by atoms with E-state index in [1.54, 1.807) is 12.7 Å². The van der Waals surface area contributed by atoms with Gasteiger partial charge in [0.05, 0.1) is 19.3 Å². The summed E-state index contributed by atoms with van der Waals surface area (Å²) in [4.78, 5) is 6.37. The molecule has 0 radical (unpaired) electrons. The predicted octanol–water partition coefficient (Wildman–Crippen LogP) is 0.950. The first-order valence-electron chi connectivity index (χ1n) is 7.92. The van der Waals surface area contributed by atoms with E-state index in [4.69, 9.17) is 14.2 Å². The molecule has 23 heavy (non-hydrogen) atoms. The molecule has 2 aliphatic heterocycles. The molecule has 1 fully saturated rings. The van der Waals surface area contributed by atoms with E-state index in [0.29, 0.717) is 13.2 Å². The van der Waals surface area contributed by atoms with Gasteiger partial charge in [-0.15, -0.1) is 0 Å². The Hall–Kier alpha value is -2.12. The highest BCUT2D eigenvalue weighted by atomic mass is 16.6. The second-order valence-corrected chi connectivity index (χ2v) is 5.82. The Balaban J connectivity index is 1.38. The molecule has 1 saturated heterocycles. The van der Waals surface area contributed by atoms with Crippen LogP contribution in [-0.4, -0.2) is 58.7 Å². The van der Waals surface area contributed by atoms with E-state index in [1.165, 1.54) is 5.56 Å². The summed E-state index contributed by atoms with van der Waals surface area (Å²) in [5.41, 5.74) is 1.23. The van der Waals surface area contributed by atoms with Gasteiger partial charge in [0.2, 0.25) is 0 Å². The van der Waals surface area contributed by atoms with E-state index in [2.05, 4.69) is 27.1 Å². The fourth-order valence-corrected chi connectivity index (χ4v) is 3.01. The summed E-state index contributed by atoms with van der Waals surface area (Å²) in [5, 5.41) is 4.14. The Kier molecular flexibility index (Phi) is 4.12. The van der Waals surface area contributed by atoms with Crippen LogP contribution >= 0.6 is 0 Å². The zero-order chi connectivity index (χ0) is 15.5. The molecule has 1 aromatic heterocycles. The van der Waals surface area contributed by atoms with Crippen LogP contribution in [-0.2, 0) is 17.8 Å². The Bertz CT molecular complexity index is 647. The van der Waals surface area contributed by atoms with Crippen LogP contribution in [0.25, 0.3) is 0 Å². The summed E-state index contributed by atoms with van der Waals surface area (Å²) >= 11 is 0. The molecule has 0 bridgehead atoms. The van der Waals surface area contributed by atoms with Crippen LogP contribution in [0.5, 0.6) is 11.5 Å². The number of nitrogens with zero attached hydrogens (tertiary/aromatic N) is 4. The van der Waals surface area contributed by atoms with Crippen molar-refractivity contribution in [1.29, 1.82) is 0 Å². The number of rotatable bonds is 4. The van der Waals surface area contributed by atoms with Gasteiger partial charge >= 0.3 is 0 Å². The minimum Gasteiger partial charge on any atom is -0.486 e. The van der Waals surface area contributed by atoms with Gasteiger partial charge in [0.25, 0.3) is 0 Å². The van der Waals surface area contributed by atoms with Crippen molar-refractivity contribution in [3.8, 4) is 11.5 Å². The highest BCUT2D eigenvalue weighted by Gasteiger charge is 2.22. The monoisotopic (exact) mass is 316 g/mol. The SMILES string of the molecule is c1ncn(C[C@H]2CN(Cc3ccc4c(c3)OCCO4)CCO2)n1. The second-order valence-electron chi connectivity index (χ2n) is 5.82. The summed E-state index contributed by atoms with van der Waals surface area (Å²) in [6.45, 7) is 5.42. The molecule has 0 amide bonds. The highest BCUT2D eigenvalue weighted by molar-refractivity contribution is 5.43. The normalized spacial score (nSPS) is 21.3. The van der Waals surface area contributed by atoms with Crippen molar-refractivity contribution in [1.82, 2.24) is 19.7 Å². The quantitative estimate of drug-likeness (QED) is 0.837. The van der Waals surface area contributed by atoms with Gasteiger partial charge in [0, 0.05) is 19.6 Å². The summed E-state index contributed by atoms with van der Waals surface area (Å²) in [6, 6.07) is 6.18. The summed E-state index contributed by atoms with van der Waals surface area (Å²) in [6.07, 6.45) is 3.42. The van der Waals surface area contributed by atoms with Crippen molar-refractivity contribution in [3.05, 3.63) is 36.4 Å². The summed E-state index contributed by atoms with van der Waals surface area (Å²) < 4.78 is 18.9. The molecule has 3 heterocycles. The van der Waals surface area contributed by atoms with Gasteiger partial charge < -0.3 is 14.2 Å². The van der Waals surface area contributed by atoms with E-state index in [9.17, 15) is 0 Å². The summed E-state index contributed by atoms with van der Waals surface area (Å²) in [5.74, 6) is 1.69. The first kappa shape index (κ1) is 14.5. The van der Waals surface area contributed by atoms with Crippen molar-refractivity contribution in [2.45, 2.75) is 19.2 Å². The zero-order valence-electron chi connectivity index (χ0n) is 12.9. The lowest BCUT2D eigenvalue weighted by molar-refractivity contribution is -0.0402. The maximum atomic E-state index is 5.83. The third-order valence-corrected chi connectivity index (χ3v) is 4.09. The fourth-order valence-electron chi connectivity index (χ4n) is 3.01. The van der Waals surface area contributed by atoms with Gasteiger partial charge in [-0.05, 0) is 17.7 Å². The lowest BCUT2D eigenvalue weighted by Crippen LogP contribution is -2.43. The number of ether oxygens (including phenoxy) is 3. The van der Waals surface area contributed by atoms with Crippen LogP contribution in [0.1, 0.15) is 5.56 Å². The third kappa shape index (κ3) is 3.46. The molecular formula is C16H20N4O3. The van der Waals surface area contributed by atoms with E-state index in [1.807, 2.05) is 10.7 Å². The largest absolute Gasteiger partial charge is 0.486 e. The predicted molar refractivity (Wildman–Crippen MR) is 82.5 cm³/mol. The van der Waals surface area contributed by atoms with Crippen LogP contribution in [0.15, 0.2) is 30.9 Å². The first-order valence-corrected chi connectivity index (χ1v) is 7.92. The Labute approximate surface area is 134 Å². The van der Waals surface area contributed by atoms with Crippen LogP contribution in [0, 0.1) is 0 Å². The van der Waals surface area contributed by atoms with Gasteiger partial charge in [-0.2, -0.15) is 5.10 Å². The standard InChI is InChI=1S/C16H20N4O3/c1-2-15-16(23-6-5-22-15)7-13(1)8-19-3-4-21-14(9-19)10-20-12-17-11-18-20/h1-2,7,11-12,14H,3-6,8-10H2/t14-/m1/s1. The molecule has 1 atom stereocenters. The summed E-state index contributed by atoms with van der Waals surface area (Å²) in [7, 11) is 0. The smallest absolute Gasteiger partial charge is 0.161 e. The third-order valence-electron chi connectivity index (χ3n) is 4.09. The van der Waals surface area contributed by atoms with Crippen LogP contribution in [0.3, 0.4) is 0 Å². The van der Waals surface area contributed by atoms with Crippen molar-refractivity contribution in [3.63, 3.8) is 0 Å². The molecule has 4 rings (SSSR count). The molecule has 7 heteroatoms. The van der Waals surface area contributed by atoms with Crippen molar-refractivity contribution in [2.75, 3.05) is 32.9 Å². The molecule has 0 saturated carbocycles. The average molecular weight is 316 g/mol. The molecule has 0 spiro atoms. The van der Waals surface area contributed by atoms with E-state index in [-0.39, 0.29) is 6.10 Å². The van der Waals surface area contributed by atoms with Gasteiger partial charge in [-0.25, -0.2) is 4.98 Å². The van der Waals surface area contributed by atoms with Gasteiger partial charge in [0.1, 0.15) is 25.9 Å². The highest BCUT2D eigenvalue weighted by Crippen LogP contribution is 2.31.